The second kappa shape index (κ2) is 12.5. The Hall–Kier alpha value is -1.90. The summed E-state index contributed by atoms with van der Waals surface area (Å²) >= 11 is 3.17. The van der Waals surface area contributed by atoms with E-state index in [0.29, 0.717) is 5.75 Å². The number of ether oxygens (including phenoxy) is 1. The van der Waals surface area contributed by atoms with Crippen LogP contribution in [0.4, 0.5) is 15.8 Å². The molecule has 1 heterocycles. The van der Waals surface area contributed by atoms with Gasteiger partial charge < -0.3 is 14.7 Å². The minimum atomic E-state index is -0.980. The third kappa shape index (κ3) is 7.55. The van der Waals surface area contributed by atoms with Gasteiger partial charge in [-0.2, -0.15) is 0 Å². The number of carbonyl (C=O) groups is 1. The average Bonchev–Trinajstić information content (AvgIpc) is 2.95. The molecule has 0 amide bonds. The summed E-state index contributed by atoms with van der Waals surface area (Å²) in [6.07, 6.45) is 4.61. The van der Waals surface area contributed by atoms with Gasteiger partial charge in [-0.1, -0.05) is 26.7 Å². The van der Waals surface area contributed by atoms with Crippen LogP contribution in [0, 0.1) is 11.2 Å². The lowest BCUT2D eigenvalue weighted by Gasteiger charge is -2.26. The SMILES string of the molecule is CCCC.CSc1cc2c(cc1OCC(C)(C)C(=O)O)SN(C)CCN2c1ccc(F)cc1. The van der Waals surface area contributed by atoms with Crippen LogP contribution < -0.4 is 9.64 Å². The molecule has 1 N–H and O–H groups in total. The van der Waals surface area contributed by atoms with Crippen molar-refractivity contribution in [2.24, 2.45) is 5.41 Å². The Morgan fingerprint density at radius 1 is 1.18 bits per heavy atom. The van der Waals surface area contributed by atoms with Crippen molar-refractivity contribution >= 4 is 41.1 Å². The van der Waals surface area contributed by atoms with E-state index in [-0.39, 0.29) is 12.4 Å². The fourth-order valence-electron chi connectivity index (χ4n) is 2.87. The maximum atomic E-state index is 13.4. The van der Waals surface area contributed by atoms with Crippen LogP contribution >= 0.6 is 23.7 Å². The van der Waals surface area contributed by atoms with Crippen molar-refractivity contribution in [3.63, 3.8) is 0 Å². The Morgan fingerprint density at radius 2 is 1.82 bits per heavy atom. The predicted molar refractivity (Wildman–Crippen MR) is 138 cm³/mol. The number of unbranched alkanes of at least 4 members (excludes halogenated alkanes) is 1. The van der Waals surface area contributed by atoms with Gasteiger partial charge in [0.15, 0.2) is 0 Å². The monoisotopic (exact) mass is 494 g/mol. The van der Waals surface area contributed by atoms with Crippen molar-refractivity contribution in [3.05, 3.63) is 42.2 Å². The highest BCUT2D eigenvalue weighted by atomic mass is 32.2. The first-order valence-electron chi connectivity index (χ1n) is 11.1. The number of aliphatic carboxylic acids is 1. The molecule has 3 rings (SSSR count). The quantitative estimate of drug-likeness (QED) is 0.331. The van der Waals surface area contributed by atoms with Crippen LogP contribution in [-0.2, 0) is 4.79 Å². The minimum Gasteiger partial charge on any atom is -0.491 e. The molecule has 33 heavy (non-hydrogen) atoms. The zero-order valence-corrected chi connectivity index (χ0v) is 22.0. The highest BCUT2D eigenvalue weighted by molar-refractivity contribution is 7.98. The van der Waals surface area contributed by atoms with Gasteiger partial charge in [0, 0.05) is 18.8 Å². The lowest BCUT2D eigenvalue weighted by molar-refractivity contribution is -0.148. The lowest BCUT2D eigenvalue weighted by Crippen LogP contribution is -2.30. The molecule has 2 aromatic carbocycles. The summed E-state index contributed by atoms with van der Waals surface area (Å²) in [7, 11) is 2.03. The molecule has 0 bridgehead atoms. The highest BCUT2D eigenvalue weighted by Crippen LogP contribution is 2.44. The van der Waals surface area contributed by atoms with E-state index in [1.165, 1.54) is 25.0 Å². The van der Waals surface area contributed by atoms with Crippen molar-refractivity contribution in [1.29, 1.82) is 0 Å². The van der Waals surface area contributed by atoms with Gasteiger partial charge >= 0.3 is 5.97 Å². The normalized spacial score (nSPS) is 14.1. The Kier molecular flexibility index (Phi) is 10.4. The molecule has 5 nitrogen and oxygen atoms in total. The number of nitrogens with zero attached hydrogens (tertiary/aromatic N) is 2. The number of halogens is 1. The third-order valence-electron chi connectivity index (χ3n) is 5.23. The zero-order valence-electron chi connectivity index (χ0n) is 20.4. The summed E-state index contributed by atoms with van der Waals surface area (Å²) in [6.45, 7) is 9.33. The van der Waals surface area contributed by atoms with E-state index in [0.717, 1.165) is 34.3 Å². The Balaban J connectivity index is 0.000000890. The highest BCUT2D eigenvalue weighted by Gasteiger charge is 2.29. The molecule has 0 fully saturated rings. The average molecular weight is 495 g/mol. The molecule has 0 aliphatic carbocycles. The summed E-state index contributed by atoms with van der Waals surface area (Å²) in [5, 5.41) is 9.36. The topological polar surface area (TPSA) is 53.0 Å². The first-order chi connectivity index (χ1) is 15.6. The number of likely N-dealkylation sites (N-methyl/N-ethyl adjacent to an activating group) is 1. The number of hydrogen-bond donors (Lipinski definition) is 1. The van der Waals surface area contributed by atoms with Gasteiger partial charge in [-0.15, -0.1) is 11.8 Å². The molecule has 0 saturated carbocycles. The Bertz CT molecular complexity index is 921. The Morgan fingerprint density at radius 3 is 2.36 bits per heavy atom. The zero-order chi connectivity index (χ0) is 24.6. The third-order valence-corrected chi connectivity index (χ3v) is 7.01. The second-order valence-electron chi connectivity index (χ2n) is 8.52. The molecule has 0 unspecified atom stereocenters. The fourth-order valence-corrected chi connectivity index (χ4v) is 4.35. The molecule has 0 radical (unpaired) electrons. The molecule has 1 aliphatic heterocycles. The number of hydrogen-bond acceptors (Lipinski definition) is 6. The summed E-state index contributed by atoms with van der Waals surface area (Å²) < 4.78 is 21.5. The van der Waals surface area contributed by atoms with Gasteiger partial charge in [-0.25, -0.2) is 8.70 Å². The van der Waals surface area contributed by atoms with Crippen LogP contribution in [0.5, 0.6) is 5.75 Å². The van der Waals surface area contributed by atoms with Gasteiger partial charge in [0.05, 0.1) is 20.9 Å². The van der Waals surface area contributed by atoms with Crippen molar-refractivity contribution in [1.82, 2.24) is 4.31 Å². The fraction of sp³-hybridized carbons (Fsp3) is 0.480. The minimum absolute atomic E-state index is 0.0802. The molecule has 182 valence electrons. The van der Waals surface area contributed by atoms with Crippen molar-refractivity contribution < 1.29 is 19.0 Å². The number of rotatable bonds is 7. The maximum absolute atomic E-state index is 13.4. The lowest BCUT2D eigenvalue weighted by atomic mass is 9.95. The van der Waals surface area contributed by atoms with Gasteiger partial charge in [-0.3, -0.25) is 4.79 Å². The summed E-state index contributed by atoms with van der Waals surface area (Å²) in [5.41, 5.74) is 0.975. The first-order valence-corrected chi connectivity index (χ1v) is 13.1. The van der Waals surface area contributed by atoms with Gasteiger partial charge in [0.1, 0.15) is 18.2 Å². The summed E-state index contributed by atoms with van der Waals surface area (Å²) in [6, 6.07) is 10.6. The maximum Gasteiger partial charge on any atom is 0.312 e. The number of carboxylic acids is 1. The molecular weight excluding hydrogens is 459 g/mol. The van der Waals surface area contributed by atoms with E-state index in [2.05, 4.69) is 29.1 Å². The van der Waals surface area contributed by atoms with Crippen molar-refractivity contribution in [3.8, 4) is 5.75 Å². The van der Waals surface area contributed by atoms with Crippen LogP contribution in [0.2, 0.25) is 0 Å². The molecule has 0 atom stereocenters. The first kappa shape index (κ1) is 27.3. The standard InChI is InChI=1S/C21H25FN2O3S2.C4H10/c1-21(2,20(25)26)13-27-17-12-18-16(11-19(17)28-4)24(10-9-23(3)29-18)15-7-5-14(22)6-8-15;1-3-4-2/h5-8,11-12H,9-10,13H2,1-4H3,(H,25,26);3-4H2,1-2H3. The largest absolute Gasteiger partial charge is 0.491 e. The second-order valence-corrected chi connectivity index (χ2v) is 10.6. The van der Waals surface area contributed by atoms with Crippen molar-refractivity contribution in [2.45, 2.75) is 50.3 Å². The molecular formula is C25H35FN2O3S2. The summed E-state index contributed by atoms with van der Waals surface area (Å²) in [4.78, 5) is 15.5. The number of fused-ring (bicyclic) bond motifs is 1. The Labute approximate surface area is 205 Å². The van der Waals surface area contributed by atoms with Crippen LogP contribution in [0.15, 0.2) is 46.2 Å². The molecule has 2 aromatic rings. The van der Waals surface area contributed by atoms with Gasteiger partial charge in [0.25, 0.3) is 0 Å². The van der Waals surface area contributed by atoms with E-state index in [1.54, 1.807) is 49.7 Å². The number of benzene rings is 2. The van der Waals surface area contributed by atoms with Crippen LogP contribution in [0.1, 0.15) is 40.5 Å². The molecule has 1 aliphatic rings. The molecule has 0 saturated heterocycles. The van der Waals surface area contributed by atoms with E-state index >= 15 is 0 Å². The van der Waals surface area contributed by atoms with Crippen LogP contribution in [0.25, 0.3) is 0 Å². The molecule has 0 spiro atoms. The van der Waals surface area contributed by atoms with Crippen LogP contribution in [0.3, 0.4) is 0 Å². The number of carboxylic acid groups (broad SMARTS) is 1. The van der Waals surface area contributed by atoms with E-state index in [4.69, 9.17) is 4.74 Å². The van der Waals surface area contributed by atoms with E-state index in [1.807, 2.05) is 19.4 Å². The van der Waals surface area contributed by atoms with Crippen molar-refractivity contribution in [2.75, 3.05) is 37.9 Å². The van der Waals surface area contributed by atoms with Gasteiger partial charge in [-0.05, 0) is 75.5 Å². The number of thioether (sulfide) groups is 1. The van der Waals surface area contributed by atoms with E-state index < -0.39 is 11.4 Å². The molecule has 8 heteroatoms. The predicted octanol–water partition coefficient (Wildman–Crippen LogP) is 6.93. The van der Waals surface area contributed by atoms with Crippen LogP contribution in [-0.4, -0.2) is 48.4 Å². The van der Waals surface area contributed by atoms with E-state index in [9.17, 15) is 14.3 Å². The smallest absolute Gasteiger partial charge is 0.312 e. The summed E-state index contributed by atoms with van der Waals surface area (Å²) in [5.74, 6) is -0.480. The molecule has 0 aromatic heterocycles. The van der Waals surface area contributed by atoms with Gasteiger partial charge in [0.2, 0.25) is 0 Å². The number of anilines is 2.